The van der Waals surface area contributed by atoms with Gasteiger partial charge in [0, 0.05) is 53.0 Å². The van der Waals surface area contributed by atoms with Crippen LogP contribution in [0.15, 0.2) is 54.9 Å². The van der Waals surface area contributed by atoms with Crippen molar-refractivity contribution >= 4 is 56.4 Å². The zero-order chi connectivity index (χ0) is 20.8. The largest absolute Gasteiger partial charge is 0.396 e. The van der Waals surface area contributed by atoms with Gasteiger partial charge in [0.1, 0.15) is 0 Å². The molecule has 2 aromatic carbocycles. The molecule has 0 unspecified atom stereocenters. The molecule has 0 fully saturated rings. The normalized spacial score (nSPS) is 14.3. The molecular formula is C23H18ClN3O3. The van der Waals surface area contributed by atoms with E-state index in [2.05, 4.69) is 10.3 Å². The molecule has 2 amide bonds. The maximum atomic E-state index is 12.9. The van der Waals surface area contributed by atoms with Gasteiger partial charge in [-0.3, -0.25) is 14.9 Å². The van der Waals surface area contributed by atoms with Crippen molar-refractivity contribution in [1.29, 1.82) is 0 Å². The highest BCUT2D eigenvalue weighted by Gasteiger charge is 2.35. The van der Waals surface area contributed by atoms with Crippen molar-refractivity contribution in [2.45, 2.75) is 13.0 Å². The number of aliphatic hydroxyl groups is 1. The van der Waals surface area contributed by atoms with Gasteiger partial charge in [0.15, 0.2) is 0 Å². The second-order valence-corrected chi connectivity index (χ2v) is 7.64. The molecule has 0 saturated carbocycles. The molecule has 7 heteroatoms. The standard InChI is InChI=1S/C23H18ClN3O3/c24-16-6-3-8-18-19(16)15(12-27(18)9-4-10-28)21-20(22(29)26-23(21)30)14-11-25-17-7-2-1-5-13(14)17/h1-3,5-8,11-12,25,28H,4,9-10H2,(H,26,29,30). The van der Waals surface area contributed by atoms with Crippen LogP contribution in [0, 0.1) is 0 Å². The van der Waals surface area contributed by atoms with Crippen LogP contribution < -0.4 is 5.32 Å². The van der Waals surface area contributed by atoms with Gasteiger partial charge in [0.05, 0.1) is 21.7 Å². The van der Waals surface area contributed by atoms with E-state index in [1.54, 1.807) is 12.3 Å². The van der Waals surface area contributed by atoms with Gasteiger partial charge in [-0.05, 0) is 24.6 Å². The Labute approximate surface area is 176 Å². The zero-order valence-corrected chi connectivity index (χ0v) is 16.7. The van der Waals surface area contributed by atoms with Crippen LogP contribution in [0.5, 0.6) is 0 Å². The summed E-state index contributed by atoms with van der Waals surface area (Å²) < 4.78 is 1.96. The van der Waals surface area contributed by atoms with E-state index < -0.39 is 11.8 Å². The van der Waals surface area contributed by atoms with E-state index in [4.69, 9.17) is 11.6 Å². The Morgan fingerprint density at radius 2 is 1.73 bits per heavy atom. The predicted octanol–water partition coefficient (Wildman–Crippen LogP) is 3.73. The van der Waals surface area contributed by atoms with Crippen LogP contribution in [0.25, 0.3) is 33.0 Å². The van der Waals surface area contributed by atoms with Crippen LogP contribution in [0.4, 0.5) is 0 Å². The van der Waals surface area contributed by atoms with E-state index in [1.165, 1.54) is 0 Å². The maximum Gasteiger partial charge on any atom is 0.259 e. The van der Waals surface area contributed by atoms with E-state index >= 15 is 0 Å². The summed E-state index contributed by atoms with van der Waals surface area (Å²) in [4.78, 5) is 28.9. The third-order valence-corrected chi connectivity index (χ3v) is 5.79. The number of fused-ring (bicyclic) bond motifs is 2. The summed E-state index contributed by atoms with van der Waals surface area (Å²) in [6, 6.07) is 13.2. The summed E-state index contributed by atoms with van der Waals surface area (Å²) >= 11 is 6.53. The molecule has 0 spiro atoms. The lowest BCUT2D eigenvalue weighted by atomic mass is 9.95. The Balaban J connectivity index is 1.82. The number of para-hydroxylation sites is 1. The second-order valence-electron chi connectivity index (χ2n) is 7.23. The van der Waals surface area contributed by atoms with E-state index in [0.29, 0.717) is 45.6 Å². The highest BCUT2D eigenvalue weighted by Crippen LogP contribution is 2.40. The molecule has 3 heterocycles. The van der Waals surface area contributed by atoms with Gasteiger partial charge in [0.2, 0.25) is 0 Å². The molecule has 6 nitrogen and oxygen atoms in total. The van der Waals surface area contributed by atoms with Crippen LogP contribution in [0.1, 0.15) is 17.5 Å². The highest BCUT2D eigenvalue weighted by atomic mass is 35.5. The first-order valence-electron chi connectivity index (χ1n) is 9.65. The molecule has 150 valence electrons. The van der Waals surface area contributed by atoms with Gasteiger partial charge >= 0.3 is 0 Å². The number of aromatic nitrogens is 2. The maximum absolute atomic E-state index is 12.9. The molecule has 3 N–H and O–H groups in total. The quantitative estimate of drug-likeness (QED) is 0.431. The average Bonchev–Trinajstić information content (AvgIpc) is 3.40. The fourth-order valence-corrected chi connectivity index (χ4v) is 4.44. The van der Waals surface area contributed by atoms with Crippen molar-refractivity contribution in [3.8, 4) is 0 Å². The monoisotopic (exact) mass is 419 g/mol. The van der Waals surface area contributed by atoms with Crippen LogP contribution in [0.2, 0.25) is 5.02 Å². The van der Waals surface area contributed by atoms with Crippen molar-refractivity contribution in [2.75, 3.05) is 6.61 Å². The van der Waals surface area contributed by atoms with Gasteiger partial charge in [-0.15, -0.1) is 0 Å². The molecule has 0 aliphatic carbocycles. The molecule has 0 saturated heterocycles. The third kappa shape index (κ3) is 2.76. The molecule has 2 aromatic heterocycles. The van der Waals surface area contributed by atoms with Crippen molar-refractivity contribution in [2.24, 2.45) is 0 Å². The fraction of sp³-hybridized carbons (Fsp3) is 0.130. The van der Waals surface area contributed by atoms with Crippen LogP contribution in [0.3, 0.4) is 0 Å². The molecule has 0 radical (unpaired) electrons. The smallest absolute Gasteiger partial charge is 0.259 e. The number of halogens is 1. The number of benzene rings is 2. The minimum atomic E-state index is -0.443. The first-order valence-corrected chi connectivity index (χ1v) is 10.0. The number of hydrogen-bond acceptors (Lipinski definition) is 3. The summed E-state index contributed by atoms with van der Waals surface area (Å²) in [5, 5.41) is 13.8. The number of rotatable bonds is 5. The van der Waals surface area contributed by atoms with Crippen molar-refractivity contribution in [1.82, 2.24) is 14.9 Å². The van der Waals surface area contributed by atoms with Crippen molar-refractivity contribution in [3.63, 3.8) is 0 Å². The van der Waals surface area contributed by atoms with Gasteiger partial charge in [0.25, 0.3) is 11.8 Å². The number of nitrogens with one attached hydrogen (secondary N) is 2. The van der Waals surface area contributed by atoms with E-state index in [9.17, 15) is 14.7 Å². The topological polar surface area (TPSA) is 87.1 Å². The molecule has 1 aliphatic rings. The number of aliphatic hydroxyl groups excluding tert-OH is 1. The average molecular weight is 420 g/mol. The Morgan fingerprint density at radius 1 is 0.967 bits per heavy atom. The molecule has 0 atom stereocenters. The second kappa shape index (κ2) is 7.16. The molecule has 5 rings (SSSR count). The van der Waals surface area contributed by atoms with E-state index in [-0.39, 0.29) is 6.61 Å². The first kappa shape index (κ1) is 18.7. The number of hydrogen-bond donors (Lipinski definition) is 3. The number of nitrogens with zero attached hydrogens (tertiary/aromatic N) is 1. The minimum absolute atomic E-state index is 0.0534. The Bertz CT molecular complexity index is 1360. The minimum Gasteiger partial charge on any atom is -0.396 e. The van der Waals surface area contributed by atoms with Gasteiger partial charge in [-0.25, -0.2) is 0 Å². The summed E-state index contributed by atoms with van der Waals surface area (Å²) in [5.41, 5.74) is 3.66. The Morgan fingerprint density at radius 3 is 2.53 bits per heavy atom. The van der Waals surface area contributed by atoms with Gasteiger partial charge in [-0.2, -0.15) is 0 Å². The summed E-state index contributed by atoms with van der Waals surface area (Å²) in [6.07, 6.45) is 4.16. The number of carbonyl (C=O) groups is 2. The van der Waals surface area contributed by atoms with Crippen LogP contribution in [-0.4, -0.2) is 33.1 Å². The number of amides is 2. The van der Waals surface area contributed by atoms with Crippen molar-refractivity contribution in [3.05, 3.63) is 71.0 Å². The molecule has 30 heavy (non-hydrogen) atoms. The summed E-state index contributed by atoms with van der Waals surface area (Å²) in [7, 11) is 0. The number of carbonyl (C=O) groups excluding carboxylic acids is 2. The van der Waals surface area contributed by atoms with Crippen LogP contribution in [-0.2, 0) is 16.1 Å². The highest BCUT2D eigenvalue weighted by molar-refractivity contribution is 6.51. The SMILES string of the molecule is O=C1NC(=O)C(c2cn(CCCO)c3cccc(Cl)c23)=C1c1c[nH]c2ccccc12. The molecule has 4 aromatic rings. The van der Waals surface area contributed by atoms with Crippen molar-refractivity contribution < 1.29 is 14.7 Å². The first-order chi connectivity index (χ1) is 14.6. The number of aromatic amines is 1. The fourth-order valence-electron chi connectivity index (χ4n) is 4.17. The Hall–Kier alpha value is -3.35. The predicted molar refractivity (Wildman–Crippen MR) is 117 cm³/mol. The number of imide groups is 1. The lowest BCUT2D eigenvalue weighted by Crippen LogP contribution is -2.22. The van der Waals surface area contributed by atoms with Gasteiger partial charge in [-0.1, -0.05) is 35.9 Å². The van der Waals surface area contributed by atoms with E-state index in [1.807, 2.05) is 47.2 Å². The van der Waals surface area contributed by atoms with Gasteiger partial charge < -0.3 is 14.7 Å². The summed E-state index contributed by atoms with van der Waals surface area (Å²) in [5.74, 6) is -0.871. The Kier molecular flexibility index (Phi) is 4.46. The number of aryl methyl sites for hydroxylation is 1. The lowest BCUT2D eigenvalue weighted by Gasteiger charge is -2.04. The molecular weight excluding hydrogens is 402 g/mol. The summed E-state index contributed by atoms with van der Waals surface area (Å²) in [6.45, 7) is 0.621. The molecule has 0 bridgehead atoms. The lowest BCUT2D eigenvalue weighted by molar-refractivity contribution is -0.122. The van der Waals surface area contributed by atoms with Crippen LogP contribution >= 0.6 is 11.6 Å². The number of H-pyrrole nitrogens is 1. The third-order valence-electron chi connectivity index (χ3n) is 5.47. The molecule has 1 aliphatic heterocycles. The zero-order valence-electron chi connectivity index (χ0n) is 15.9. The van der Waals surface area contributed by atoms with E-state index in [0.717, 1.165) is 16.4 Å².